The normalized spacial score (nSPS) is 15.8. The number of esters is 1. The molecule has 0 bridgehead atoms. The highest BCUT2D eigenvalue weighted by molar-refractivity contribution is 7.07. The van der Waals surface area contributed by atoms with Crippen LogP contribution in [0.3, 0.4) is 0 Å². The van der Waals surface area contributed by atoms with E-state index in [2.05, 4.69) is 4.99 Å². The maximum absolute atomic E-state index is 13.5. The maximum Gasteiger partial charge on any atom is 0.338 e. The van der Waals surface area contributed by atoms with E-state index < -0.39 is 12.0 Å². The number of hydrogen-bond acceptors (Lipinski definition) is 6. The minimum atomic E-state index is -0.686. The van der Waals surface area contributed by atoms with Gasteiger partial charge in [-0.05, 0) is 55.3 Å². The van der Waals surface area contributed by atoms with E-state index >= 15 is 0 Å². The number of nitrogens with zero attached hydrogens (tertiary/aromatic N) is 2. The predicted octanol–water partition coefficient (Wildman–Crippen LogP) is 4.11. The molecule has 0 spiro atoms. The molecule has 1 aliphatic heterocycles. The largest absolute Gasteiger partial charge is 0.497 e. The molecule has 0 saturated carbocycles. The number of fused-ring (bicyclic) bond motifs is 1. The first-order valence-electron chi connectivity index (χ1n) is 10.1. The van der Waals surface area contributed by atoms with Crippen LogP contribution < -0.4 is 19.6 Å². The smallest absolute Gasteiger partial charge is 0.338 e. The Kier molecular flexibility index (Phi) is 6.74. The van der Waals surface area contributed by atoms with Gasteiger partial charge in [0.1, 0.15) is 5.75 Å². The van der Waals surface area contributed by atoms with Crippen LogP contribution in [0.1, 0.15) is 31.0 Å². The Morgan fingerprint density at radius 2 is 1.94 bits per heavy atom. The van der Waals surface area contributed by atoms with Crippen molar-refractivity contribution in [3.8, 4) is 5.75 Å². The molecule has 0 aliphatic carbocycles. The molecule has 0 saturated heterocycles. The third kappa shape index (κ3) is 4.49. The van der Waals surface area contributed by atoms with Crippen LogP contribution in [0, 0.1) is 0 Å². The molecule has 6 nitrogen and oxygen atoms in total. The van der Waals surface area contributed by atoms with E-state index in [9.17, 15) is 9.59 Å². The lowest BCUT2D eigenvalue weighted by atomic mass is 9.96. The van der Waals surface area contributed by atoms with Crippen LogP contribution >= 0.6 is 34.5 Å². The van der Waals surface area contributed by atoms with E-state index in [-0.39, 0.29) is 12.2 Å². The van der Waals surface area contributed by atoms with Gasteiger partial charge < -0.3 is 9.47 Å². The lowest BCUT2D eigenvalue weighted by Crippen LogP contribution is -2.39. The Morgan fingerprint density at radius 3 is 2.58 bits per heavy atom. The number of allylic oxidation sites excluding steroid dienone is 1. The van der Waals surface area contributed by atoms with Crippen LogP contribution in [0.4, 0.5) is 0 Å². The number of carbonyl (C=O) groups excluding carboxylic acids is 1. The summed E-state index contributed by atoms with van der Waals surface area (Å²) in [6.45, 7) is 3.70. The van der Waals surface area contributed by atoms with Crippen LogP contribution in [-0.2, 0) is 9.53 Å². The molecule has 0 amide bonds. The van der Waals surface area contributed by atoms with Crippen LogP contribution in [0.15, 0.2) is 63.5 Å². The summed E-state index contributed by atoms with van der Waals surface area (Å²) < 4.78 is 12.5. The van der Waals surface area contributed by atoms with Crippen molar-refractivity contribution in [2.75, 3.05) is 13.7 Å². The minimum Gasteiger partial charge on any atom is -0.497 e. The maximum atomic E-state index is 13.5. The predicted molar refractivity (Wildman–Crippen MR) is 130 cm³/mol. The summed E-state index contributed by atoms with van der Waals surface area (Å²) >= 11 is 13.5. The van der Waals surface area contributed by atoms with Crippen molar-refractivity contribution in [1.29, 1.82) is 0 Å². The number of benzene rings is 2. The second kappa shape index (κ2) is 9.55. The van der Waals surface area contributed by atoms with Gasteiger partial charge in [-0.1, -0.05) is 52.7 Å². The number of methoxy groups -OCH3 is 1. The summed E-state index contributed by atoms with van der Waals surface area (Å²) in [6.07, 6.45) is 1.71. The zero-order valence-electron chi connectivity index (χ0n) is 18.1. The Labute approximate surface area is 204 Å². The average molecular weight is 503 g/mol. The molecule has 0 unspecified atom stereocenters. The molecular formula is C24H20Cl2N2O4S. The van der Waals surface area contributed by atoms with Gasteiger partial charge in [-0.3, -0.25) is 9.36 Å². The molecule has 2 aromatic carbocycles. The van der Waals surface area contributed by atoms with Crippen LogP contribution in [0.2, 0.25) is 10.0 Å². The van der Waals surface area contributed by atoms with Gasteiger partial charge in [0, 0.05) is 10.0 Å². The zero-order chi connectivity index (χ0) is 23.7. The van der Waals surface area contributed by atoms with E-state index in [1.165, 1.54) is 15.9 Å². The van der Waals surface area contributed by atoms with E-state index in [0.29, 0.717) is 42.0 Å². The highest BCUT2D eigenvalue weighted by atomic mass is 35.5. The van der Waals surface area contributed by atoms with Crippen molar-refractivity contribution < 1.29 is 14.3 Å². The topological polar surface area (TPSA) is 69.9 Å². The van der Waals surface area contributed by atoms with Crippen molar-refractivity contribution >= 4 is 46.6 Å². The number of aromatic nitrogens is 1. The Hall–Kier alpha value is -2.87. The van der Waals surface area contributed by atoms with Gasteiger partial charge in [0.15, 0.2) is 4.80 Å². The number of halogens is 2. The fourth-order valence-electron chi connectivity index (χ4n) is 3.65. The minimum absolute atomic E-state index is 0.213. The first-order valence-corrected chi connectivity index (χ1v) is 11.7. The van der Waals surface area contributed by atoms with Gasteiger partial charge in [0.25, 0.3) is 5.56 Å². The molecular weight excluding hydrogens is 483 g/mol. The number of thiazole rings is 1. The third-order valence-corrected chi connectivity index (χ3v) is 6.74. The van der Waals surface area contributed by atoms with Crippen molar-refractivity contribution in [3.05, 3.63) is 94.6 Å². The van der Waals surface area contributed by atoms with E-state index in [1.807, 2.05) is 12.1 Å². The van der Waals surface area contributed by atoms with E-state index in [0.717, 1.165) is 5.56 Å². The summed E-state index contributed by atoms with van der Waals surface area (Å²) in [5, 5.41) is 0.941. The number of hydrogen-bond donors (Lipinski definition) is 0. The van der Waals surface area contributed by atoms with Gasteiger partial charge >= 0.3 is 5.97 Å². The lowest BCUT2D eigenvalue weighted by Gasteiger charge is -2.24. The third-order valence-electron chi connectivity index (χ3n) is 5.20. The quantitative estimate of drug-likeness (QED) is 0.492. The first kappa shape index (κ1) is 23.3. The Morgan fingerprint density at radius 1 is 1.21 bits per heavy atom. The Bertz CT molecular complexity index is 1440. The average Bonchev–Trinajstić information content (AvgIpc) is 3.09. The SMILES string of the molecule is CCOC(=O)C1=C(C)N=c2s/c(=C/c3ccc(Cl)cc3Cl)c(=O)n2[C@@H]1c1ccc(OC)cc1. The number of carbonyl (C=O) groups is 1. The summed E-state index contributed by atoms with van der Waals surface area (Å²) in [6, 6.07) is 11.6. The van der Waals surface area contributed by atoms with Crippen molar-refractivity contribution in [2.24, 2.45) is 4.99 Å². The zero-order valence-corrected chi connectivity index (χ0v) is 20.4. The lowest BCUT2D eigenvalue weighted by molar-refractivity contribution is -0.139. The molecule has 1 aliphatic rings. The highest BCUT2D eigenvalue weighted by Crippen LogP contribution is 2.31. The summed E-state index contributed by atoms with van der Waals surface area (Å²) in [7, 11) is 1.58. The van der Waals surface area contributed by atoms with Gasteiger partial charge in [-0.15, -0.1) is 0 Å². The summed E-state index contributed by atoms with van der Waals surface area (Å²) in [5.74, 6) is 0.163. The number of rotatable bonds is 5. The van der Waals surface area contributed by atoms with Gasteiger partial charge in [-0.25, -0.2) is 9.79 Å². The second-order valence-electron chi connectivity index (χ2n) is 7.24. The van der Waals surface area contributed by atoms with Crippen LogP contribution in [0.5, 0.6) is 5.75 Å². The van der Waals surface area contributed by atoms with Crippen molar-refractivity contribution in [1.82, 2.24) is 4.57 Å². The van der Waals surface area contributed by atoms with Crippen LogP contribution in [-0.4, -0.2) is 24.3 Å². The fourth-order valence-corrected chi connectivity index (χ4v) is 5.15. The molecule has 33 heavy (non-hydrogen) atoms. The molecule has 3 aromatic rings. The number of ether oxygens (including phenoxy) is 2. The summed E-state index contributed by atoms with van der Waals surface area (Å²) in [5.41, 5.74) is 1.95. The monoisotopic (exact) mass is 502 g/mol. The fraction of sp³-hybridized carbons (Fsp3) is 0.208. The molecule has 0 N–H and O–H groups in total. The molecule has 1 aromatic heterocycles. The highest BCUT2D eigenvalue weighted by Gasteiger charge is 2.33. The molecule has 9 heteroatoms. The molecule has 4 rings (SSSR count). The van der Waals surface area contributed by atoms with Crippen molar-refractivity contribution in [2.45, 2.75) is 19.9 Å². The Balaban J connectivity index is 1.95. The first-order chi connectivity index (χ1) is 15.8. The molecule has 0 fully saturated rings. The standard InChI is InChI=1S/C24H20Cl2N2O4S/c1-4-32-23(30)20-13(2)27-24-28(21(20)14-6-9-17(31-3)10-7-14)22(29)19(33-24)11-15-5-8-16(25)12-18(15)26/h5-12,21H,4H2,1-3H3/b19-11+/t21-/m1/s1. The van der Waals surface area contributed by atoms with Gasteiger partial charge in [0.2, 0.25) is 0 Å². The second-order valence-corrected chi connectivity index (χ2v) is 9.09. The van der Waals surface area contributed by atoms with Crippen molar-refractivity contribution in [3.63, 3.8) is 0 Å². The van der Waals surface area contributed by atoms with Crippen LogP contribution in [0.25, 0.3) is 6.08 Å². The molecule has 0 radical (unpaired) electrons. The molecule has 170 valence electrons. The van der Waals surface area contributed by atoms with Gasteiger partial charge in [0.05, 0.1) is 35.6 Å². The molecule has 1 atom stereocenters. The molecule has 2 heterocycles. The van der Waals surface area contributed by atoms with E-state index in [4.69, 9.17) is 32.7 Å². The van der Waals surface area contributed by atoms with E-state index in [1.54, 1.807) is 57.4 Å². The van der Waals surface area contributed by atoms with Gasteiger partial charge in [-0.2, -0.15) is 0 Å². The summed E-state index contributed by atoms with van der Waals surface area (Å²) in [4.78, 5) is 31.5.